The van der Waals surface area contributed by atoms with Crippen LogP contribution < -0.4 is 0 Å². The summed E-state index contributed by atoms with van der Waals surface area (Å²) in [5.74, 6) is -2.48. The quantitative estimate of drug-likeness (QED) is 0.666. The van der Waals surface area contributed by atoms with Crippen LogP contribution in [0.5, 0.6) is 0 Å². The molecular weight excluding hydrogens is 248 g/mol. The molecule has 0 saturated carbocycles. The number of hydrogen-bond donors (Lipinski definition) is 2. The highest BCUT2D eigenvalue weighted by molar-refractivity contribution is 4.88. The van der Waals surface area contributed by atoms with Crippen molar-refractivity contribution in [3.63, 3.8) is 0 Å². The Morgan fingerprint density at radius 2 is 1.58 bits per heavy atom. The van der Waals surface area contributed by atoms with E-state index in [0.717, 1.165) is 19.4 Å². The van der Waals surface area contributed by atoms with Gasteiger partial charge in [-0.1, -0.05) is 13.8 Å². The molecule has 2 rings (SSSR count). The Hall–Kier alpha value is -0.200. The van der Waals surface area contributed by atoms with Crippen LogP contribution in [0.25, 0.3) is 0 Å². The SMILES string of the molecule is CC.CC(C)(O)O.CC1(C)OC2CCCO[C@@]2(C)O1. The van der Waals surface area contributed by atoms with Gasteiger partial charge in [0.25, 0.3) is 0 Å². The smallest absolute Gasteiger partial charge is 0.195 e. The normalized spacial score (nSPS) is 32.4. The third-order valence-electron chi connectivity index (χ3n) is 2.46. The van der Waals surface area contributed by atoms with E-state index in [1.807, 2.05) is 34.6 Å². The predicted molar refractivity (Wildman–Crippen MR) is 73.5 cm³/mol. The van der Waals surface area contributed by atoms with Crippen LogP contribution in [0.15, 0.2) is 0 Å². The zero-order valence-electron chi connectivity index (χ0n) is 13.3. The molecule has 2 atom stereocenters. The molecule has 2 N–H and O–H groups in total. The van der Waals surface area contributed by atoms with E-state index in [2.05, 4.69) is 0 Å². The minimum atomic E-state index is -1.50. The second kappa shape index (κ2) is 6.99. The number of hydrogen-bond acceptors (Lipinski definition) is 5. The summed E-state index contributed by atoms with van der Waals surface area (Å²) < 4.78 is 17.0. The minimum Gasteiger partial charge on any atom is -0.366 e. The Balaban J connectivity index is 0.000000396. The van der Waals surface area contributed by atoms with Gasteiger partial charge in [-0.3, -0.25) is 0 Å². The molecular formula is C14H30O5. The van der Waals surface area contributed by atoms with Gasteiger partial charge in [-0.05, 0) is 47.5 Å². The second-order valence-corrected chi connectivity index (χ2v) is 5.61. The van der Waals surface area contributed by atoms with Gasteiger partial charge in [0, 0.05) is 0 Å². The topological polar surface area (TPSA) is 68.2 Å². The Morgan fingerprint density at radius 1 is 1.11 bits per heavy atom. The molecule has 0 aliphatic carbocycles. The van der Waals surface area contributed by atoms with Crippen LogP contribution in [-0.4, -0.2) is 40.3 Å². The van der Waals surface area contributed by atoms with Gasteiger partial charge in [0.15, 0.2) is 17.4 Å². The van der Waals surface area contributed by atoms with Gasteiger partial charge < -0.3 is 24.4 Å². The maximum atomic E-state index is 8.08. The summed E-state index contributed by atoms with van der Waals surface area (Å²) in [4.78, 5) is 0. The number of ether oxygens (including phenoxy) is 3. The molecule has 5 nitrogen and oxygen atoms in total. The molecule has 2 aliphatic heterocycles. The molecule has 0 spiro atoms. The Labute approximate surface area is 116 Å². The van der Waals surface area contributed by atoms with Crippen LogP contribution in [-0.2, 0) is 14.2 Å². The highest BCUT2D eigenvalue weighted by Crippen LogP contribution is 2.41. The fraction of sp³-hybridized carbons (Fsp3) is 1.00. The molecule has 0 aromatic rings. The van der Waals surface area contributed by atoms with Crippen molar-refractivity contribution in [2.75, 3.05) is 6.61 Å². The van der Waals surface area contributed by atoms with Crippen molar-refractivity contribution in [3.05, 3.63) is 0 Å². The molecule has 2 saturated heterocycles. The lowest BCUT2D eigenvalue weighted by Gasteiger charge is -2.32. The molecule has 116 valence electrons. The zero-order valence-corrected chi connectivity index (χ0v) is 13.3. The van der Waals surface area contributed by atoms with E-state index in [0.29, 0.717) is 0 Å². The lowest BCUT2D eigenvalue weighted by atomic mass is 10.0. The van der Waals surface area contributed by atoms with Gasteiger partial charge >= 0.3 is 0 Å². The number of aliphatic hydroxyl groups is 2. The molecule has 5 heteroatoms. The molecule has 2 aliphatic rings. The Morgan fingerprint density at radius 3 is 2.00 bits per heavy atom. The molecule has 0 aromatic carbocycles. The Kier molecular flexibility index (Phi) is 6.92. The molecule has 0 radical (unpaired) electrons. The van der Waals surface area contributed by atoms with Crippen LogP contribution in [0.4, 0.5) is 0 Å². The van der Waals surface area contributed by atoms with Crippen molar-refractivity contribution in [1.82, 2.24) is 0 Å². The molecule has 0 aromatic heterocycles. The van der Waals surface area contributed by atoms with Crippen LogP contribution in [0.3, 0.4) is 0 Å². The Bertz CT molecular complexity index is 253. The summed E-state index contributed by atoms with van der Waals surface area (Å²) in [6, 6.07) is 0. The number of fused-ring (bicyclic) bond motifs is 1. The average Bonchev–Trinajstić information content (AvgIpc) is 2.46. The van der Waals surface area contributed by atoms with Crippen molar-refractivity contribution in [2.24, 2.45) is 0 Å². The van der Waals surface area contributed by atoms with Gasteiger partial charge in [-0.25, -0.2) is 0 Å². The summed E-state index contributed by atoms with van der Waals surface area (Å²) >= 11 is 0. The van der Waals surface area contributed by atoms with Gasteiger partial charge in [-0.2, -0.15) is 0 Å². The maximum Gasteiger partial charge on any atom is 0.195 e. The highest BCUT2D eigenvalue weighted by atomic mass is 16.8. The van der Waals surface area contributed by atoms with E-state index in [1.165, 1.54) is 13.8 Å². The third kappa shape index (κ3) is 7.22. The second-order valence-electron chi connectivity index (χ2n) is 5.61. The van der Waals surface area contributed by atoms with Crippen molar-refractivity contribution >= 4 is 0 Å². The molecule has 2 heterocycles. The molecule has 19 heavy (non-hydrogen) atoms. The van der Waals surface area contributed by atoms with Crippen LogP contribution in [0, 0.1) is 0 Å². The first-order chi connectivity index (χ1) is 8.52. The van der Waals surface area contributed by atoms with E-state index >= 15 is 0 Å². The summed E-state index contributed by atoms with van der Waals surface area (Å²) in [7, 11) is 0. The highest BCUT2D eigenvalue weighted by Gasteiger charge is 2.52. The molecule has 0 amide bonds. The fourth-order valence-corrected chi connectivity index (χ4v) is 2.01. The summed E-state index contributed by atoms with van der Waals surface area (Å²) in [6.07, 6.45) is 2.22. The van der Waals surface area contributed by atoms with Crippen LogP contribution >= 0.6 is 0 Å². The average molecular weight is 278 g/mol. The first kappa shape index (κ1) is 18.8. The van der Waals surface area contributed by atoms with E-state index < -0.39 is 17.4 Å². The van der Waals surface area contributed by atoms with E-state index in [4.69, 9.17) is 24.4 Å². The lowest BCUT2D eigenvalue weighted by molar-refractivity contribution is -0.253. The standard InChI is InChI=1S/C9H16O3.C3H8O2.C2H6/c1-8(2)11-7-5-4-6-10-9(7,3)12-8;1-3(2,4)5;1-2/h7H,4-6H2,1-3H3;4-5H,1-2H3;1-2H3/t7?,9-;;/m0../s1. The van der Waals surface area contributed by atoms with Gasteiger partial charge in [0.05, 0.1) is 6.61 Å². The first-order valence-corrected chi connectivity index (χ1v) is 6.99. The zero-order chi connectivity index (χ0) is 15.3. The monoisotopic (exact) mass is 278 g/mol. The van der Waals surface area contributed by atoms with Crippen molar-refractivity contribution in [1.29, 1.82) is 0 Å². The van der Waals surface area contributed by atoms with Crippen LogP contribution in [0.2, 0.25) is 0 Å². The van der Waals surface area contributed by atoms with Crippen molar-refractivity contribution in [2.45, 2.75) is 84.8 Å². The van der Waals surface area contributed by atoms with Gasteiger partial charge in [0.2, 0.25) is 0 Å². The predicted octanol–water partition coefficient (Wildman–Crippen LogP) is 2.40. The molecule has 0 bridgehead atoms. The van der Waals surface area contributed by atoms with E-state index in [1.54, 1.807) is 0 Å². The van der Waals surface area contributed by atoms with Crippen molar-refractivity contribution in [3.8, 4) is 0 Å². The number of rotatable bonds is 0. The van der Waals surface area contributed by atoms with E-state index in [-0.39, 0.29) is 6.10 Å². The lowest BCUT2D eigenvalue weighted by Crippen LogP contribution is -2.43. The van der Waals surface area contributed by atoms with E-state index in [9.17, 15) is 0 Å². The summed E-state index contributed by atoms with van der Waals surface area (Å²) in [5, 5.41) is 16.2. The largest absolute Gasteiger partial charge is 0.366 e. The van der Waals surface area contributed by atoms with Gasteiger partial charge in [0.1, 0.15) is 6.10 Å². The minimum absolute atomic E-state index is 0.112. The van der Waals surface area contributed by atoms with Crippen molar-refractivity contribution < 1.29 is 24.4 Å². The van der Waals surface area contributed by atoms with Gasteiger partial charge in [-0.15, -0.1) is 0 Å². The maximum absolute atomic E-state index is 8.08. The van der Waals surface area contributed by atoms with Crippen LogP contribution in [0.1, 0.15) is 61.3 Å². The summed E-state index contributed by atoms with van der Waals surface area (Å²) in [6.45, 7) is 13.2. The fourth-order valence-electron chi connectivity index (χ4n) is 2.01. The summed E-state index contributed by atoms with van der Waals surface area (Å²) in [5.41, 5.74) is 0. The molecule has 1 unspecified atom stereocenters. The first-order valence-electron chi connectivity index (χ1n) is 6.99. The molecule has 2 fully saturated rings. The third-order valence-corrected chi connectivity index (χ3v) is 2.46.